The summed E-state index contributed by atoms with van der Waals surface area (Å²) >= 11 is 12.2. The predicted molar refractivity (Wildman–Crippen MR) is 346 cm³/mol. The summed E-state index contributed by atoms with van der Waals surface area (Å²) in [6.45, 7) is 22.7. The number of carboxylic acid groups (broad SMARTS) is 1. The van der Waals surface area contributed by atoms with Crippen molar-refractivity contribution in [1.82, 2.24) is 54.7 Å². The second-order valence-corrected chi connectivity index (χ2v) is 26.2. The molecule has 4 saturated carbocycles. The van der Waals surface area contributed by atoms with Crippen LogP contribution >= 0.6 is 24.4 Å². The zero-order chi connectivity index (χ0) is 59.9. The fourth-order valence-electron chi connectivity index (χ4n) is 15.2. The molecule has 19 nitrogen and oxygen atoms in total. The maximum Gasteiger partial charge on any atom is 0.330 e. The fraction of sp³-hybridized carbons (Fsp3) is 0.600. The van der Waals surface area contributed by atoms with Crippen molar-refractivity contribution >= 4 is 63.8 Å². The molecule has 4 unspecified atom stereocenters. The fourth-order valence-corrected chi connectivity index (χ4v) is 15.8. The Kier molecular flexibility index (Phi) is 20.1. The van der Waals surface area contributed by atoms with Crippen LogP contribution in [0.1, 0.15) is 104 Å². The number of hydrogen-bond donors (Lipinski definition) is 5. The highest BCUT2D eigenvalue weighted by atomic mass is 32.1. The van der Waals surface area contributed by atoms with Crippen LogP contribution in [-0.4, -0.2) is 228 Å². The van der Waals surface area contributed by atoms with E-state index >= 15 is 0 Å². The van der Waals surface area contributed by atoms with Crippen LogP contribution in [0.15, 0.2) is 66.7 Å². The van der Waals surface area contributed by atoms with Crippen LogP contribution in [0.3, 0.4) is 0 Å². The molecular weight excluding hydrogens is 1120 g/mol. The molecule has 12 rings (SSSR count). The van der Waals surface area contributed by atoms with Gasteiger partial charge in [-0.05, 0) is 211 Å². The van der Waals surface area contributed by atoms with Crippen molar-refractivity contribution in [2.24, 2.45) is 23.7 Å². The van der Waals surface area contributed by atoms with E-state index in [1.165, 1.54) is 6.42 Å². The Balaban J connectivity index is 0.740. The Hall–Kier alpha value is -5.94. The summed E-state index contributed by atoms with van der Waals surface area (Å²) in [5.74, 6) is 0.248. The molecule has 86 heavy (non-hydrogen) atoms. The van der Waals surface area contributed by atoms with E-state index < -0.39 is 17.4 Å². The topological polar surface area (TPSA) is 179 Å². The summed E-state index contributed by atoms with van der Waals surface area (Å²) in [6.07, 6.45) is 8.41. The molecule has 0 spiro atoms. The standard InChI is InChI=1S/C65H91N13O6S2/c1-45(2)53-43-48(12-17-55(53)78-56(59-57(83-3)10-5-11-58(59)84-4)44-54(70-78)60(79)69-65(62(81)82)49-39-46-38-47(41-49)42-50(65)40-46)61(80)75-24-7-22-74-31-30-73(32-35-75)23-9-26-77(37-34-74)64(86)68-52-15-13-51(14-16-52)67-63(85)76-25-8-21-71-27-19-66-18-6-20-72(29-28-71)33-36-76/h5,10-17,43-47,49-50,66H,6-9,18-42H2,1-4H3,(H,67,85)(H,68,86)(H,69,79)(H,81,82). The van der Waals surface area contributed by atoms with Crippen molar-refractivity contribution in [3.8, 4) is 28.4 Å². The molecule has 2 amide bonds. The zero-order valence-electron chi connectivity index (χ0n) is 51.1. The van der Waals surface area contributed by atoms with Crippen LogP contribution in [0, 0.1) is 23.7 Å². The number of aromatic nitrogens is 2. The first-order chi connectivity index (χ1) is 41.8. The lowest BCUT2D eigenvalue weighted by Crippen LogP contribution is -2.70. The van der Waals surface area contributed by atoms with Crippen molar-refractivity contribution in [3.63, 3.8) is 0 Å². The summed E-state index contributed by atoms with van der Waals surface area (Å²) in [5, 5.41) is 31.3. The van der Waals surface area contributed by atoms with E-state index in [0.717, 1.165) is 196 Å². The normalized spacial score (nSPS) is 27.4. The summed E-state index contributed by atoms with van der Waals surface area (Å²) < 4.78 is 13.6. The lowest BCUT2D eigenvalue weighted by atomic mass is 9.48. The van der Waals surface area contributed by atoms with Crippen LogP contribution in [0.5, 0.6) is 11.5 Å². The minimum absolute atomic E-state index is 0.0232. The monoisotopic (exact) mass is 1210 g/mol. The van der Waals surface area contributed by atoms with Crippen LogP contribution in [0.4, 0.5) is 11.4 Å². The van der Waals surface area contributed by atoms with E-state index in [1.807, 2.05) is 41.3 Å². The van der Waals surface area contributed by atoms with Crippen molar-refractivity contribution in [2.45, 2.75) is 83.1 Å². The van der Waals surface area contributed by atoms with Crippen LogP contribution in [0.25, 0.3) is 16.9 Å². The van der Waals surface area contributed by atoms with Gasteiger partial charge in [0.1, 0.15) is 17.0 Å². The van der Waals surface area contributed by atoms with E-state index in [1.54, 1.807) is 25.0 Å². The van der Waals surface area contributed by atoms with Gasteiger partial charge in [0.25, 0.3) is 11.8 Å². The number of carboxylic acids is 1. The molecule has 4 saturated heterocycles. The molecule has 464 valence electrons. The predicted octanol–water partition coefficient (Wildman–Crippen LogP) is 7.24. The van der Waals surface area contributed by atoms with E-state index in [-0.39, 0.29) is 29.4 Å². The zero-order valence-corrected chi connectivity index (χ0v) is 52.7. The summed E-state index contributed by atoms with van der Waals surface area (Å²) in [7, 11) is 3.18. The number of methoxy groups -OCH3 is 2. The number of carbonyl (C=O) groups excluding carboxylic acids is 2. The van der Waals surface area contributed by atoms with Crippen LogP contribution in [0.2, 0.25) is 0 Å². The second-order valence-electron chi connectivity index (χ2n) is 25.5. The van der Waals surface area contributed by atoms with Gasteiger partial charge in [0.2, 0.25) is 0 Å². The first-order valence-electron chi connectivity index (χ1n) is 31.9. The maximum absolute atomic E-state index is 14.9. The number of amides is 2. The molecule has 4 atom stereocenters. The molecule has 8 aliphatic rings. The van der Waals surface area contributed by atoms with Gasteiger partial charge in [0.15, 0.2) is 15.9 Å². The molecule has 5 N–H and O–H groups in total. The smallest absolute Gasteiger partial charge is 0.330 e. The Morgan fingerprint density at radius 3 is 1.63 bits per heavy atom. The third-order valence-corrected chi connectivity index (χ3v) is 20.5. The Morgan fingerprint density at radius 2 is 1.10 bits per heavy atom. The molecule has 8 bridgehead atoms. The maximum atomic E-state index is 14.9. The molecule has 5 heterocycles. The van der Waals surface area contributed by atoms with E-state index in [2.05, 4.69) is 88.8 Å². The van der Waals surface area contributed by atoms with Gasteiger partial charge in [-0.3, -0.25) is 9.59 Å². The van der Waals surface area contributed by atoms with Crippen molar-refractivity contribution in [3.05, 3.63) is 83.6 Å². The van der Waals surface area contributed by atoms with E-state index in [0.29, 0.717) is 58.9 Å². The minimum Gasteiger partial charge on any atom is -0.496 e. The van der Waals surface area contributed by atoms with Gasteiger partial charge in [-0.2, -0.15) is 5.10 Å². The highest BCUT2D eigenvalue weighted by Gasteiger charge is 2.62. The minimum atomic E-state index is -1.35. The quantitative estimate of drug-likeness (QED) is 0.0949. The lowest BCUT2D eigenvalue weighted by molar-refractivity contribution is -0.163. The third kappa shape index (κ3) is 14.0. The number of aliphatic carboxylic acids is 1. The number of hydrogen-bond acceptors (Lipinski definition) is 13. The molecule has 21 heteroatoms. The summed E-state index contributed by atoms with van der Waals surface area (Å²) in [6, 6.07) is 21.3. The van der Waals surface area contributed by atoms with Gasteiger partial charge in [-0.15, -0.1) is 0 Å². The number of benzene rings is 3. The van der Waals surface area contributed by atoms with Crippen molar-refractivity contribution < 1.29 is 29.0 Å². The molecule has 4 aromatic rings. The molecule has 1 aromatic heterocycles. The molecule has 3 aromatic carbocycles. The SMILES string of the molecule is COc1cccc(OC)c1-c1cc(C(=O)NC2(C(=O)O)C3CC4CC(C3)CC2C4)nn1-c1ccc(C(=O)N2CCCN3CCN(CCCN(C(=S)Nc4ccc(NC(=S)N5CCCN6CCNCCCN(CC6)CC5)cc4)CC3)CC2)cc1C(C)C. The summed E-state index contributed by atoms with van der Waals surface area (Å²) in [4.78, 5) is 59.9. The highest BCUT2D eigenvalue weighted by molar-refractivity contribution is 7.80. The number of carbonyl (C=O) groups is 3. The van der Waals surface area contributed by atoms with Crippen molar-refractivity contribution in [2.75, 3.05) is 156 Å². The largest absolute Gasteiger partial charge is 0.496 e. The number of nitrogens with one attached hydrogen (secondary N) is 4. The van der Waals surface area contributed by atoms with E-state index in [4.69, 9.17) is 39.0 Å². The Bertz CT molecular complexity index is 3000. The van der Waals surface area contributed by atoms with Gasteiger partial charge in [0.05, 0.1) is 31.2 Å². The molecule has 4 aliphatic carbocycles. The van der Waals surface area contributed by atoms with Gasteiger partial charge < -0.3 is 70.1 Å². The first-order valence-corrected chi connectivity index (χ1v) is 32.7. The number of rotatable bonds is 11. The molecular formula is C65H91N13O6S2. The number of anilines is 2. The second kappa shape index (κ2) is 28.0. The van der Waals surface area contributed by atoms with Gasteiger partial charge in [-0.1, -0.05) is 19.9 Å². The third-order valence-electron chi connectivity index (χ3n) is 19.8. The number of fused-ring (bicyclic) bond motifs is 6. The van der Waals surface area contributed by atoms with Crippen LogP contribution in [-0.2, 0) is 4.79 Å². The average molecular weight is 1210 g/mol. The Morgan fingerprint density at radius 1 is 0.605 bits per heavy atom. The van der Waals surface area contributed by atoms with Crippen LogP contribution < -0.4 is 30.7 Å². The van der Waals surface area contributed by atoms with E-state index in [9.17, 15) is 19.5 Å². The lowest BCUT2D eigenvalue weighted by Gasteiger charge is -2.59. The highest BCUT2D eigenvalue weighted by Crippen LogP contribution is 2.58. The van der Waals surface area contributed by atoms with Gasteiger partial charge in [-0.25, -0.2) is 9.48 Å². The number of nitrogens with zero attached hydrogens (tertiary/aromatic N) is 9. The van der Waals surface area contributed by atoms with Crippen molar-refractivity contribution in [1.29, 1.82) is 0 Å². The average Bonchev–Trinajstić information content (AvgIpc) is 0.957. The summed E-state index contributed by atoms with van der Waals surface area (Å²) in [5.41, 5.74) is 3.93. The number of ether oxygens (including phenoxy) is 2. The molecule has 0 radical (unpaired) electrons. The molecule has 8 fully saturated rings. The Labute approximate surface area is 519 Å². The van der Waals surface area contributed by atoms with Gasteiger partial charge in [0, 0.05) is 115 Å². The number of thiocarbonyl (C=S) groups is 2. The van der Waals surface area contributed by atoms with Gasteiger partial charge >= 0.3 is 5.97 Å². The first kappa shape index (κ1) is 61.7. The molecule has 4 aliphatic heterocycles.